The Morgan fingerprint density at radius 1 is 0.742 bits per heavy atom. The third-order valence-corrected chi connectivity index (χ3v) is 7.45. The summed E-state index contributed by atoms with van der Waals surface area (Å²) < 4.78 is 0. The minimum absolute atomic E-state index is 0.0215. The van der Waals surface area contributed by atoms with Crippen LogP contribution in [-0.4, -0.2) is 11.9 Å². The van der Waals surface area contributed by atoms with Crippen LogP contribution in [0, 0.1) is 11.8 Å². The molecule has 3 atom stereocenters. The maximum absolute atomic E-state index is 13.2. The van der Waals surface area contributed by atoms with Gasteiger partial charge in [-0.15, -0.1) is 0 Å². The molecule has 0 aromatic heterocycles. The van der Waals surface area contributed by atoms with Crippen molar-refractivity contribution < 1.29 is 4.79 Å². The fourth-order valence-electron chi connectivity index (χ4n) is 5.27. The van der Waals surface area contributed by atoms with Gasteiger partial charge in [0, 0.05) is 21.7 Å². The molecule has 0 aliphatic heterocycles. The molecule has 1 amide bonds. The lowest BCUT2D eigenvalue weighted by molar-refractivity contribution is 0.0909. The van der Waals surface area contributed by atoms with Crippen molar-refractivity contribution in [2.45, 2.75) is 38.1 Å². The SMILES string of the molecule is O=C(NC1CCC2CCC1C2)c1ccc(-c2ccc(Cl)cc2)c(-c2ccc(Cl)cc2)c1. The number of carbonyl (C=O) groups is 1. The summed E-state index contributed by atoms with van der Waals surface area (Å²) in [6.07, 6.45) is 6.20. The lowest BCUT2D eigenvalue weighted by Crippen LogP contribution is -2.41. The van der Waals surface area contributed by atoms with Crippen LogP contribution in [0.5, 0.6) is 0 Å². The van der Waals surface area contributed by atoms with Crippen LogP contribution in [-0.2, 0) is 0 Å². The number of rotatable bonds is 4. The maximum Gasteiger partial charge on any atom is 0.251 e. The van der Waals surface area contributed by atoms with E-state index in [2.05, 4.69) is 5.32 Å². The Morgan fingerprint density at radius 3 is 2.03 bits per heavy atom. The second-order valence-corrected chi connectivity index (χ2v) is 9.74. The summed E-state index contributed by atoms with van der Waals surface area (Å²) in [7, 11) is 0. The molecule has 2 nitrogen and oxygen atoms in total. The maximum atomic E-state index is 13.2. The Hall–Kier alpha value is -2.29. The van der Waals surface area contributed by atoms with E-state index in [-0.39, 0.29) is 5.91 Å². The van der Waals surface area contributed by atoms with Crippen molar-refractivity contribution in [3.63, 3.8) is 0 Å². The molecule has 2 aliphatic carbocycles. The number of nitrogens with one attached hydrogen (secondary N) is 1. The van der Waals surface area contributed by atoms with E-state index in [4.69, 9.17) is 23.2 Å². The molecule has 2 saturated carbocycles. The van der Waals surface area contributed by atoms with Gasteiger partial charge in [-0.05, 0) is 96.2 Å². The molecule has 4 heteroatoms. The second kappa shape index (κ2) is 8.68. The molecule has 0 saturated heterocycles. The monoisotopic (exact) mass is 449 g/mol. The molecule has 0 spiro atoms. The van der Waals surface area contributed by atoms with Gasteiger partial charge in [0.05, 0.1) is 0 Å². The van der Waals surface area contributed by atoms with Crippen molar-refractivity contribution in [3.05, 3.63) is 82.3 Å². The Kier molecular flexibility index (Phi) is 5.77. The Morgan fingerprint density at radius 2 is 1.35 bits per heavy atom. The molecule has 3 unspecified atom stereocenters. The predicted molar refractivity (Wildman–Crippen MR) is 129 cm³/mol. The van der Waals surface area contributed by atoms with Gasteiger partial charge in [0.1, 0.15) is 0 Å². The quantitative estimate of drug-likeness (QED) is 0.435. The highest BCUT2D eigenvalue weighted by atomic mass is 35.5. The van der Waals surface area contributed by atoms with Gasteiger partial charge in [-0.2, -0.15) is 0 Å². The van der Waals surface area contributed by atoms with Crippen molar-refractivity contribution in [1.82, 2.24) is 5.32 Å². The second-order valence-electron chi connectivity index (χ2n) is 8.87. The minimum Gasteiger partial charge on any atom is -0.349 e. The van der Waals surface area contributed by atoms with Crippen LogP contribution < -0.4 is 5.32 Å². The van der Waals surface area contributed by atoms with E-state index >= 15 is 0 Å². The van der Waals surface area contributed by atoms with E-state index in [0.717, 1.165) is 34.6 Å². The van der Waals surface area contributed by atoms with E-state index in [1.54, 1.807) is 0 Å². The topological polar surface area (TPSA) is 29.1 Å². The number of halogens is 2. The first-order valence-corrected chi connectivity index (χ1v) is 11.8. The van der Waals surface area contributed by atoms with Crippen LogP contribution in [0.3, 0.4) is 0 Å². The summed E-state index contributed by atoms with van der Waals surface area (Å²) in [6, 6.07) is 21.8. The first-order chi connectivity index (χ1) is 15.1. The lowest BCUT2D eigenvalue weighted by atomic mass is 9.85. The van der Waals surface area contributed by atoms with Crippen LogP contribution in [0.4, 0.5) is 0 Å². The molecule has 1 N–H and O–H groups in total. The molecule has 0 heterocycles. The number of amides is 1. The van der Waals surface area contributed by atoms with E-state index < -0.39 is 0 Å². The van der Waals surface area contributed by atoms with Crippen LogP contribution in [0.15, 0.2) is 66.7 Å². The zero-order chi connectivity index (χ0) is 21.4. The fourth-order valence-corrected chi connectivity index (χ4v) is 5.52. The van der Waals surface area contributed by atoms with Crippen molar-refractivity contribution in [2.75, 3.05) is 0 Å². The summed E-state index contributed by atoms with van der Waals surface area (Å²) >= 11 is 12.2. The molecule has 31 heavy (non-hydrogen) atoms. The zero-order valence-electron chi connectivity index (χ0n) is 17.3. The highest BCUT2D eigenvalue weighted by molar-refractivity contribution is 6.31. The highest BCUT2D eigenvalue weighted by Gasteiger charge is 2.36. The Bertz CT molecular complexity index is 1090. The fraction of sp³-hybridized carbons (Fsp3) is 0.296. The average Bonchev–Trinajstić information content (AvgIpc) is 3.18. The Labute approximate surface area is 193 Å². The number of hydrogen-bond donors (Lipinski definition) is 1. The molecule has 3 aromatic rings. The number of benzene rings is 3. The van der Waals surface area contributed by atoms with E-state index in [0.29, 0.717) is 27.6 Å². The summed E-state index contributed by atoms with van der Waals surface area (Å²) in [5.41, 5.74) is 4.86. The molecule has 2 bridgehead atoms. The van der Waals surface area contributed by atoms with Crippen molar-refractivity contribution >= 4 is 29.1 Å². The third kappa shape index (κ3) is 4.37. The Balaban J connectivity index is 1.48. The van der Waals surface area contributed by atoms with E-state index in [1.165, 1.54) is 25.7 Å². The third-order valence-electron chi connectivity index (χ3n) is 6.95. The standard InChI is InChI=1S/C27H25Cl2NO/c28-22-9-4-18(5-10-22)24-13-8-21(16-25(24)19-6-11-23(29)12-7-19)27(31)30-26-14-2-17-1-3-20(26)15-17/h4-13,16-17,20,26H,1-3,14-15H2,(H,30,31). The van der Waals surface area contributed by atoms with Crippen molar-refractivity contribution in [3.8, 4) is 22.3 Å². The molecular formula is C27H25Cl2NO. The molecule has 2 aliphatic rings. The van der Waals surface area contributed by atoms with Gasteiger partial charge in [0.15, 0.2) is 0 Å². The van der Waals surface area contributed by atoms with Crippen molar-refractivity contribution in [1.29, 1.82) is 0 Å². The van der Waals surface area contributed by atoms with Gasteiger partial charge in [-0.25, -0.2) is 0 Å². The number of carbonyl (C=O) groups excluding carboxylic acids is 1. The van der Waals surface area contributed by atoms with Crippen LogP contribution in [0.2, 0.25) is 10.0 Å². The largest absolute Gasteiger partial charge is 0.349 e. The van der Waals surface area contributed by atoms with Crippen LogP contribution in [0.25, 0.3) is 22.3 Å². The van der Waals surface area contributed by atoms with Gasteiger partial charge >= 0.3 is 0 Å². The lowest BCUT2D eigenvalue weighted by Gasteiger charge is -2.29. The molecule has 3 aromatic carbocycles. The predicted octanol–water partition coefficient (Wildman–Crippen LogP) is 7.64. The first kappa shape index (κ1) is 20.6. The molecule has 158 valence electrons. The first-order valence-electron chi connectivity index (χ1n) is 11.0. The van der Waals surface area contributed by atoms with E-state index in [1.807, 2.05) is 66.7 Å². The summed E-state index contributed by atoms with van der Waals surface area (Å²) in [5.74, 6) is 1.55. The number of hydrogen-bond acceptors (Lipinski definition) is 1. The van der Waals surface area contributed by atoms with Crippen molar-refractivity contribution in [2.24, 2.45) is 11.8 Å². The normalized spacial score (nSPS) is 22.3. The molecule has 2 fully saturated rings. The minimum atomic E-state index is 0.0215. The number of fused-ring (bicyclic) bond motifs is 2. The molecule has 5 rings (SSSR count). The summed E-state index contributed by atoms with van der Waals surface area (Å²) in [6.45, 7) is 0. The highest BCUT2D eigenvalue weighted by Crippen LogP contribution is 2.42. The average molecular weight is 450 g/mol. The van der Waals surface area contributed by atoms with Crippen LogP contribution in [0.1, 0.15) is 42.5 Å². The summed E-state index contributed by atoms with van der Waals surface area (Å²) in [4.78, 5) is 13.2. The van der Waals surface area contributed by atoms with Gasteiger partial charge in [-0.3, -0.25) is 4.79 Å². The van der Waals surface area contributed by atoms with E-state index in [9.17, 15) is 4.79 Å². The molecule has 0 radical (unpaired) electrons. The molecular weight excluding hydrogens is 425 g/mol. The van der Waals surface area contributed by atoms with Gasteiger partial charge in [0.25, 0.3) is 5.91 Å². The smallest absolute Gasteiger partial charge is 0.251 e. The summed E-state index contributed by atoms with van der Waals surface area (Å²) in [5, 5.41) is 4.74. The van der Waals surface area contributed by atoms with Crippen LogP contribution >= 0.6 is 23.2 Å². The van der Waals surface area contributed by atoms with Gasteiger partial charge < -0.3 is 5.32 Å². The zero-order valence-corrected chi connectivity index (χ0v) is 18.8. The van der Waals surface area contributed by atoms with Gasteiger partial charge in [0.2, 0.25) is 0 Å². The van der Waals surface area contributed by atoms with Gasteiger partial charge in [-0.1, -0.05) is 60.0 Å².